The van der Waals surface area contributed by atoms with E-state index in [4.69, 9.17) is 0 Å². The van der Waals surface area contributed by atoms with E-state index in [2.05, 4.69) is 62.8 Å². The number of aromatic nitrogens is 2. The fraction of sp³-hybridized carbons (Fsp3) is 0.286. The molecule has 106 valence electrons. The highest BCUT2D eigenvalue weighted by Gasteiger charge is 2.25. The molecule has 0 atom stereocenters. The van der Waals surface area contributed by atoms with Gasteiger partial charge in [-0.1, -0.05) is 36.7 Å². The lowest BCUT2D eigenvalue weighted by Gasteiger charge is -2.24. The zero-order valence-electron chi connectivity index (χ0n) is 11.3. The molecule has 0 aliphatic heterocycles. The number of nitrogens with one attached hydrogen (secondary N) is 1. The lowest BCUT2D eigenvalue weighted by atomic mass is 9.86. The van der Waals surface area contributed by atoms with Crippen LogP contribution in [0.5, 0.6) is 5.75 Å². The van der Waals surface area contributed by atoms with Crippen molar-refractivity contribution in [3.63, 3.8) is 0 Å². The van der Waals surface area contributed by atoms with Crippen molar-refractivity contribution in [1.29, 1.82) is 0 Å². The Bertz CT molecular complexity index is 698. The Hall–Kier alpha value is -1.14. The summed E-state index contributed by atoms with van der Waals surface area (Å²) in [4.78, 5) is 11.1. The van der Waals surface area contributed by atoms with Gasteiger partial charge in [-0.05, 0) is 39.0 Å². The molecule has 0 amide bonds. The molecule has 2 N–H and O–H groups in total. The van der Waals surface area contributed by atoms with Crippen LogP contribution in [-0.4, -0.2) is 15.3 Å². The normalized spacial score (nSPS) is 11.7. The minimum Gasteiger partial charge on any atom is -0.506 e. The van der Waals surface area contributed by atoms with Gasteiger partial charge in [-0.3, -0.25) is 4.79 Å². The topological polar surface area (TPSA) is 66.0 Å². The quantitative estimate of drug-likeness (QED) is 0.759. The zero-order chi connectivity index (χ0) is 15.1. The van der Waals surface area contributed by atoms with Crippen LogP contribution >= 0.6 is 31.9 Å². The van der Waals surface area contributed by atoms with E-state index < -0.39 is 0 Å². The van der Waals surface area contributed by atoms with Crippen LogP contribution in [0.2, 0.25) is 0 Å². The van der Waals surface area contributed by atoms with Crippen LogP contribution < -0.4 is 5.56 Å². The predicted octanol–water partition coefficient (Wildman–Crippen LogP) is 3.97. The first-order valence-electron chi connectivity index (χ1n) is 5.99. The summed E-state index contributed by atoms with van der Waals surface area (Å²) in [7, 11) is 0. The maximum atomic E-state index is 11.1. The Morgan fingerprint density at radius 3 is 2.40 bits per heavy atom. The van der Waals surface area contributed by atoms with Crippen molar-refractivity contribution in [3.8, 4) is 17.0 Å². The smallest absolute Gasteiger partial charge is 0.264 e. The molecular formula is C14H14Br2N2O2. The largest absolute Gasteiger partial charge is 0.506 e. The number of phenolic OH excluding ortho intramolecular Hbond substituents is 1. The summed E-state index contributed by atoms with van der Waals surface area (Å²) in [5.41, 5.74) is 1.62. The van der Waals surface area contributed by atoms with E-state index in [-0.39, 0.29) is 16.7 Å². The molecule has 0 spiro atoms. The van der Waals surface area contributed by atoms with Gasteiger partial charge in [0.25, 0.3) is 5.56 Å². The summed E-state index contributed by atoms with van der Waals surface area (Å²) < 4.78 is 1.50. The van der Waals surface area contributed by atoms with Crippen molar-refractivity contribution >= 4 is 31.9 Å². The fourth-order valence-electron chi connectivity index (χ4n) is 1.99. The Morgan fingerprint density at radius 2 is 1.90 bits per heavy atom. The Morgan fingerprint density at radius 1 is 1.25 bits per heavy atom. The van der Waals surface area contributed by atoms with Crippen molar-refractivity contribution < 1.29 is 5.11 Å². The summed E-state index contributed by atoms with van der Waals surface area (Å²) in [5, 5.41) is 16.7. The SMILES string of the molecule is CC(C)(C)c1c(Br)cc(-c2ccc(=O)[nH]n2)c(O)c1Br. The molecule has 1 heterocycles. The fourth-order valence-corrected chi connectivity index (χ4v) is 4.30. The highest BCUT2D eigenvalue weighted by atomic mass is 79.9. The maximum Gasteiger partial charge on any atom is 0.264 e. The van der Waals surface area contributed by atoms with Crippen molar-refractivity contribution in [1.82, 2.24) is 10.2 Å². The van der Waals surface area contributed by atoms with Crippen molar-refractivity contribution in [2.24, 2.45) is 0 Å². The molecule has 0 radical (unpaired) electrons. The van der Waals surface area contributed by atoms with Crippen LogP contribution in [0.25, 0.3) is 11.3 Å². The zero-order valence-corrected chi connectivity index (χ0v) is 14.5. The van der Waals surface area contributed by atoms with Gasteiger partial charge in [0.1, 0.15) is 5.75 Å². The first-order chi connectivity index (χ1) is 9.21. The third-order valence-corrected chi connectivity index (χ3v) is 4.29. The molecular weight excluding hydrogens is 388 g/mol. The van der Waals surface area contributed by atoms with E-state index in [0.29, 0.717) is 15.7 Å². The molecule has 6 heteroatoms. The van der Waals surface area contributed by atoms with Crippen LogP contribution in [0.15, 0.2) is 31.9 Å². The van der Waals surface area contributed by atoms with E-state index >= 15 is 0 Å². The second kappa shape index (κ2) is 5.33. The van der Waals surface area contributed by atoms with E-state index in [9.17, 15) is 9.90 Å². The number of nitrogens with zero attached hydrogens (tertiary/aromatic N) is 1. The van der Waals surface area contributed by atoms with Crippen molar-refractivity contribution in [2.75, 3.05) is 0 Å². The molecule has 0 aliphatic rings. The highest BCUT2D eigenvalue weighted by molar-refractivity contribution is 9.11. The van der Waals surface area contributed by atoms with Crippen LogP contribution in [0.4, 0.5) is 0 Å². The van der Waals surface area contributed by atoms with E-state index in [1.807, 2.05) is 0 Å². The number of rotatable bonds is 1. The lowest BCUT2D eigenvalue weighted by molar-refractivity contribution is 0.468. The van der Waals surface area contributed by atoms with E-state index in [1.165, 1.54) is 6.07 Å². The second-order valence-corrected chi connectivity index (χ2v) is 7.15. The molecule has 0 saturated carbocycles. The number of benzene rings is 1. The van der Waals surface area contributed by atoms with Crippen LogP contribution in [0.1, 0.15) is 26.3 Å². The van der Waals surface area contributed by atoms with Gasteiger partial charge in [0.05, 0.1) is 10.2 Å². The average molecular weight is 402 g/mol. The summed E-state index contributed by atoms with van der Waals surface area (Å²) >= 11 is 6.99. The van der Waals surface area contributed by atoms with Crippen molar-refractivity contribution in [3.05, 3.63) is 43.1 Å². The minimum atomic E-state index is -0.280. The van der Waals surface area contributed by atoms with Crippen LogP contribution in [0.3, 0.4) is 0 Å². The van der Waals surface area contributed by atoms with Crippen LogP contribution in [-0.2, 0) is 5.41 Å². The number of H-pyrrole nitrogens is 1. The Labute approximate surface area is 133 Å². The van der Waals surface area contributed by atoms with Gasteiger partial charge in [-0.25, -0.2) is 5.10 Å². The molecule has 2 rings (SSSR count). The molecule has 0 fully saturated rings. The van der Waals surface area contributed by atoms with Crippen molar-refractivity contribution in [2.45, 2.75) is 26.2 Å². The first kappa shape index (κ1) is 15.3. The maximum absolute atomic E-state index is 11.1. The third kappa shape index (κ3) is 2.81. The summed E-state index contributed by atoms with van der Waals surface area (Å²) in [6.07, 6.45) is 0. The number of halogens is 2. The first-order valence-corrected chi connectivity index (χ1v) is 7.58. The number of aromatic amines is 1. The predicted molar refractivity (Wildman–Crippen MR) is 86.1 cm³/mol. The number of phenols is 1. The van der Waals surface area contributed by atoms with E-state index in [0.717, 1.165) is 10.0 Å². The van der Waals surface area contributed by atoms with Gasteiger partial charge >= 0.3 is 0 Å². The molecule has 0 bridgehead atoms. The van der Waals surface area contributed by atoms with Gasteiger partial charge in [0, 0.05) is 16.1 Å². The molecule has 0 aliphatic carbocycles. The number of hydrogen-bond acceptors (Lipinski definition) is 3. The van der Waals surface area contributed by atoms with Gasteiger partial charge in [-0.15, -0.1) is 0 Å². The number of hydrogen-bond donors (Lipinski definition) is 2. The molecule has 4 nitrogen and oxygen atoms in total. The highest BCUT2D eigenvalue weighted by Crippen LogP contribution is 2.45. The molecule has 0 unspecified atom stereocenters. The van der Waals surface area contributed by atoms with Gasteiger partial charge in [-0.2, -0.15) is 5.10 Å². The molecule has 1 aromatic carbocycles. The standard InChI is InChI=1S/C14H14Br2N2O2/c1-14(2,3)11-8(15)6-7(13(20)12(11)16)9-4-5-10(19)18-17-9/h4-6,20H,1-3H3,(H,18,19). The molecule has 2 aromatic rings. The third-order valence-electron chi connectivity index (χ3n) is 2.90. The molecule has 0 saturated heterocycles. The Balaban J connectivity index is 2.70. The summed E-state index contributed by atoms with van der Waals surface area (Å²) in [6, 6.07) is 4.76. The van der Waals surface area contributed by atoms with Gasteiger partial charge in [0.2, 0.25) is 0 Å². The lowest BCUT2D eigenvalue weighted by Crippen LogP contribution is -2.13. The second-order valence-electron chi connectivity index (χ2n) is 5.50. The monoisotopic (exact) mass is 400 g/mol. The summed E-state index contributed by atoms with van der Waals surface area (Å²) in [6.45, 7) is 6.19. The minimum absolute atomic E-state index is 0.109. The Kier molecular flexibility index (Phi) is 4.07. The van der Waals surface area contributed by atoms with E-state index in [1.54, 1.807) is 12.1 Å². The molecule has 1 aromatic heterocycles. The van der Waals surface area contributed by atoms with Gasteiger partial charge < -0.3 is 5.11 Å². The van der Waals surface area contributed by atoms with Gasteiger partial charge in [0.15, 0.2) is 0 Å². The number of aromatic hydroxyl groups is 1. The molecule has 20 heavy (non-hydrogen) atoms. The van der Waals surface area contributed by atoms with Crippen LogP contribution in [0, 0.1) is 0 Å². The average Bonchev–Trinajstić information content (AvgIpc) is 2.33. The summed E-state index contributed by atoms with van der Waals surface area (Å²) in [5.74, 6) is 0.109.